The minimum absolute atomic E-state index is 0.0464. The summed E-state index contributed by atoms with van der Waals surface area (Å²) in [7, 11) is -4.05. The van der Waals surface area contributed by atoms with Crippen LogP contribution in [0.15, 0.2) is 47.4 Å². The van der Waals surface area contributed by atoms with Gasteiger partial charge in [0.25, 0.3) is 5.91 Å². The number of fused-ring (bicyclic) bond motifs is 1. The summed E-state index contributed by atoms with van der Waals surface area (Å²) >= 11 is 6.23. The molecule has 0 saturated carbocycles. The molecule has 2 aliphatic heterocycles. The Morgan fingerprint density at radius 1 is 1.27 bits per heavy atom. The molecule has 1 atom stereocenters. The molecular formula is C20H20ClN3O5S. The van der Waals surface area contributed by atoms with Crippen molar-refractivity contribution >= 4 is 39.1 Å². The van der Waals surface area contributed by atoms with Gasteiger partial charge in [-0.15, -0.1) is 0 Å². The fourth-order valence-corrected chi connectivity index (χ4v) is 5.77. The molecule has 2 aromatic rings. The largest absolute Gasteiger partial charge is 0.482 e. The Bertz CT molecular complexity index is 1090. The van der Waals surface area contributed by atoms with E-state index >= 15 is 0 Å². The van der Waals surface area contributed by atoms with E-state index < -0.39 is 16.1 Å². The predicted octanol–water partition coefficient (Wildman–Crippen LogP) is 2.14. The van der Waals surface area contributed by atoms with Gasteiger partial charge in [0.1, 0.15) is 16.7 Å². The van der Waals surface area contributed by atoms with E-state index in [-0.39, 0.29) is 40.6 Å². The summed E-state index contributed by atoms with van der Waals surface area (Å²) in [5.74, 6) is -0.469. The third kappa shape index (κ3) is 4.00. The number of hydrogen-bond donors (Lipinski definition) is 2. The summed E-state index contributed by atoms with van der Waals surface area (Å²) in [5, 5.41) is 5.35. The van der Waals surface area contributed by atoms with Crippen LogP contribution in [0.3, 0.4) is 0 Å². The molecule has 2 N–H and O–H groups in total. The average molecular weight is 450 g/mol. The molecule has 0 unspecified atom stereocenters. The van der Waals surface area contributed by atoms with Crippen LogP contribution < -0.4 is 15.4 Å². The molecule has 0 spiro atoms. The first-order chi connectivity index (χ1) is 14.4. The summed E-state index contributed by atoms with van der Waals surface area (Å²) < 4.78 is 33.1. The SMILES string of the molecule is O=C1COc2cc(S(=O)(=O)N3CCC[C@@H]3C(=O)NCc3ccccc3)c(Cl)cc2N1. The van der Waals surface area contributed by atoms with E-state index in [4.69, 9.17) is 16.3 Å². The highest BCUT2D eigenvalue weighted by Crippen LogP contribution is 2.38. The van der Waals surface area contributed by atoms with Crippen molar-refractivity contribution in [2.24, 2.45) is 0 Å². The van der Waals surface area contributed by atoms with E-state index in [1.165, 1.54) is 16.4 Å². The van der Waals surface area contributed by atoms with E-state index in [0.29, 0.717) is 25.1 Å². The van der Waals surface area contributed by atoms with Gasteiger partial charge < -0.3 is 15.4 Å². The molecule has 0 aliphatic carbocycles. The van der Waals surface area contributed by atoms with Crippen LogP contribution in [0.1, 0.15) is 18.4 Å². The summed E-state index contributed by atoms with van der Waals surface area (Å²) in [6.45, 7) is 0.330. The second kappa shape index (κ2) is 8.25. The average Bonchev–Trinajstić information content (AvgIpc) is 3.23. The smallest absolute Gasteiger partial charge is 0.262 e. The van der Waals surface area contributed by atoms with Gasteiger partial charge in [-0.1, -0.05) is 41.9 Å². The van der Waals surface area contributed by atoms with Crippen LogP contribution >= 0.6 is 11.6 Å². The van der Waals surface area contributed by atoms with Crippen molar-refractivity contribution in [3.63, 3.8) is 0 Å². The maximum absolute atomic E-state index is 13.3. The zero-order chi connectivity index (χ0) is 21.3. The normalized spacial score (nSPS) is 19.0. The van der Waals surface area contributed by atoms with Crippen molar-refractivity contribution in [3.05, 3.63) is 53.1 Å². The summed E-state index contributed by atoms with van der Waals surface area (Å²) in [5.41, 5.74) is 1.24. The fraction of sp³-hybridized carbons (Fsp3) is 0.300. The first-order valence-electron chi connectivity index (χ1n) is 9.46. The van der Waals surface area contributed by atoms with Gasteiger partial charge in [-0.2, -0.15) is 4.31 Å². The van der Waals surface area contributed by atoms with Gasteiger partial charge in [0, 0.05) is 19.2 Å². The van der Waals surface area contributed by atoms with Crippen LogP contribution in [-0.4, -0.2) is 43.7 Å². The van der Waals surface area contributed by atoms with Crippen LogP contribution in [0.2, 0.25) is 5.02 Å². The Balaban J connectivity index is 1.56. The number of carbonyl (C=O) groups excluding carboxylic acids is 2. The van der Waals surface area contributed by atoms with Gasteiger partial charge in [-0.25, -0.2) is 8.42 Å². The highest BCUT2D eigenvalue weighted by molar-refractivity contribution is 7.89. The predicted molar refractivity (Wildman–Crippen MR) is 111 cm³/mol. The number of nitrogens with one attached hydrogen (secondary N) is 2. The Hall–Kier alpha value is -2.62. The van der Waals surface area contributed by atoms with Gasteiger partial charge in [0.15, 0.2) is 6.61 Å². The lowest BCUT2D eigenvalue weighted by Crippen LogP contribution is -2.45. The molecular weight excluding hydrogens is 430 g/mol. The number of sulfonamides is 1. The molecule has 1 fully saturated rings. The first kappa shape index (κ1) is 20.6. The molecule has 10 heteroatoms. The van der Waals surface area contributed by atoms with E-state index in [1.54, 1.807) is 0 Å². The molecule has 2 aliphatic rings. The van der Waals surface area contributed by atoms with Crippen LogP contribution in [0.4, 0.5) is 5.69 Å². The summed E-state index contributed by atoms with van der Waals surface area (Å²) in [4.78, 5) is 24.0. The zero-order valence-corrected chi connectivity index (χ0v) is 17.5. The van der Waals surface area contributed by atoms with Crippen LogP contribution in [0, 0.1) is 0 Å². The lowest BCUT2D eigenvalue weighted by molar-refractivity contribution is -0.124. The van der Waals surface area contributed by atoms with Crippen molar-refractivity contribution in [1.82, 2.24) is 9.62 Å². The second-order valence-electron chi connectivity index (χ2n) is 7.09. The quantitative estimate of drug-likeness (QED) is 0.727. The maximum atomic E-state index is 13.3. The van der Waals surface area contributed by atoms with Gasteiger partial charge in [0.05, 0.1) is 10.7 Å². The Morgan fingerprint density at radius 2 is 2.03 bits per heavy atom. The van der Waals surface area contributed by atoms with Crippen molar-refractivity contribution in [2.45, 2.75) is 30.3 Å². The molecule has 4 rings (SSSR count). The Kier molecular flexibility index (Phi) is 5.68. The van der Waals surface area contributed by atoms with Crippen molar-refractivity contribution in [2.75, 3.05) is 18.5 Å². The zero-order valence-electron chi connectivity index (χ0n) is 15.9. The van der Waals surface area contributed by atoms with E-state index in [2.05, 4.69) is 10.6 Å². The van der Waals surface area contributed by atoms with Gasteiger partial charge >= 0.3 is 0 Å². The lowest BCUT2D eigenvalue weighted by atomic mass is 10.2. The molecule has 158 valence electrons. The summed E-state index contributed by atoms with van der Waals surface area (Å²) in [6.07, 6.45) is 0.993. The van der Waals surface area contributed by atoms with Gasteiger partial charge in [0.2, 0.25) is 15.9 Å². The minimum atomic E-state index is -4.05. The third-order valence-corrected chi connectivity index (χ3v) is 7.44. The highest BCUT2D eigenvalue weighted by Gasteiger charge is 2.40. The first-order valence-corrected chi connectivity index (χ1v) is 11.3. The lowest BCUT2D eigenvalue weighted by Gasteiger charge is -2.25. The molecule has 0 aromatic heterocycles. The highest BCUT2D eigenvalue weighted by atomic mass is 35.5. The number of halogens is 1. The maximum Gasteiger partial charge on any atom is 0.262 e. The molecule has 0 radical (unpaired) electrons. The van der Waals surface area contributed by atoms with E-state index in [0.717, 1.165) is 5.56 Å². The second-order valence-corrected chi connectivity index (χ2v) is 9.36. The third-order valence-electron chi connectivity index (χ3n) is 5.07. The minimum Gasteiger partial charge on any atom is -0.482 e. The van der Waals surface area contributed by atoms with Crippen molar-refractivity contribution < 1.29 is 22.7 Å². The number of nitrogens with zero attached hydrogens (tertiary/aromatic N) is 1. The Labute approximate surface area is 179 Å². The number of hydrogen-bond acceptors (Lipinski definition) is 5. The van der Waals surface area contributed by atoms with E-state index in [1.807, 2.05) is 30.3 Å². The standard InChI is InChI=1S/C20H20ClN3O5S/c21-14-9-15-17(29-12-19(25)23-15)10-18(14)30(27,28)24-8-4-7-16(24)20(26)22-11-13-5-2-1-3-6-13/h1-3,5-6,9-10,16H,4,7-8,11-12H2,(H,22,26)(H,23,25)/t16-/m1/s1. The molecule has 2 amide bonds. The number of ether oxygens (including phenoxy) is 1. The monoisotopic (exact) mass is 449 g/mol. The van der Waals surface area contributed by atoms with Gasteiger partial charge in [-0.3, -0.25) is 9.59 Å². The van der Waals surface area contributed by atoms with E-state index in [9.17, 15) is 18.0 Å². The van der Waals surface area contributed by atoms with Crippen molar-refractivity contribution in [3.8, 4) is 5.75 Å². The molecule has 2 heterocycles. The Morgan fingerprint density at radius 3 is 2.80 bits per heavy atom. The molecule has 8 nitrogen and oxygen atoms in total. The van der Waals surface area contributed by atoms with Crippen LogP contribution in [0.25, 0.3) is 0 Å². The van der Waals surface area contributed by atoms with Gasteiger partial charge in [-0.05, 0) is 24.5 Å². The molecule has 1 saturated heterocycles. The topological polar surface area (TPSA) is 105 Å². The van der Waals surface area contributed by atoms with Crippen LogP contribution in [0.5, 0.6) is 5.75 Å². The fourth-order valence-electron chi connectivity index (χ4n) is 3.60. The molecule has 2 aromatic carbocycles. The number of benzene rings is 2. The van der Waals surface area contributed by atoms with Crippen LogP contribution in [-0.2, 0) is 26.2 Å². The number of amides is 2. The molecule has 30 heavy (non-hydrogen) atoms. The number of rotatable bonds is 5. The number of carbonyl (C=O) groups is 2. The number of anilines is 1. The molecule has 0 bridgehead atoms. The summed E-state index contributed by atoms with van der Waals surface area (Å²) in [6, 6.07) is 11.2. The van der Waals surface area contributed by atoms with Crippen molar-refractivity contribution in [1.29, 1.82) is 0 Å².